The summed E-state index contributed by atoms with van der Waals surface area (Å²) in [4.78, 5) is 27.8. The van der Waals surface area contributed by atoms with Gasteiger partial charge >= 0.3 is 5.97 Å². The Hall–Kier alpha value is -1.43. The van der Waals surface area contributed by atoms with Crippen molar-refractivity contribution in [1.29, 1.82) is 0 Å². The summed E-state index contributed by atoms with van der Waals surface area (Å²) in [6.07, 6.45) is 1.05. The van der Waals surface area contributed by atoms with Gasteiger partial charge in [-0.05, 0) is 13.3 Å². The second-order valence-electron chi connectivity index (χ2n) is 6.13. The van der Waals surface area contributed by atoms with Gasteiger partial charge in [0.15, 0.2) is 0 Å². The largest absolute Gasteiger partial charge is 0.480 e. The van der Waals surface area contributed by atoms with Crippen LogP contribution in [0.1, 0.15) is 63.0 Å². The smallest absolute Gasteiger partial charge is 0.329 e. The maximum absolute atomic E-state index is 12.1. The van der Waals surface area contributed by atoms with E-state index in [1.54, 1.807) is 5.38 Å². The van der Waals surface area contributed by atoms with E-state index in [0.29, 0.717) is 12.8 Å². The first-order valence-corrected chi connectivity index (χ1v) is 7.50. The number of carbonyl (C=O) groups excluding carboxylic acids is 1. The van der Waals surface area contributed by atoms with E-state index in [0.717, 1.165) is 5.01 Å². The molecule has 1 aromatic rings. The van der Waals surface area contributed by atoms with Gasteiger partial charge in [-0.1, -0.05) is 34.1 Å². The summed E-state index contributed by atoms with van der Waals surface area (Å²) in [5.41, 5.74) is -1.09. The van der Waals surface area contributed by atoms with Gasteiger partial charge in [-0.25, -0.2) is 9.78 Å². The zero-order valence-electron chi connectivity index (χ0n) is 12.6. The van der Waals surface area contributed by atoms with E-state index in [1.165, 1.54) is 18.3 Å². The average Bonchev–Trinajstić information content (AvgIpc) is 2.77. The third-order valence-corrected chi connectivity index (χ3v) is 4.26. The predicted octanol–water partition coefficient (Wildman–Crippen LogP) is 2.81. The molecule has 0 bridgehead atoms. The molecule has 6 heteroatoms. The highest BCUT2D eigenvalue weighted by molar-refractivity contribution is 7.10. The number of amides is 1. The molecule has 1 rings (SSSR count). The van der Waals surface area contributed by atoms with Crippen LogP contribution in [0, 0.1) is 0 Å². The van der Waals surface area contributed by atoms with Crippen LogP contribution in [0.15, 0.2) is 5.38 Å². The summed E-state index contributed by atoms with van der Waals surface area (Å²) in [7, 11) is 0. The first kappa shape index (κ1) is 16.6. The van der Waals surface area contributed by atoms with E-state index in [1.807, 2.05) is 27.7 Å². The molecule has 0 radical (unpaired) electrons. The summed E-state index contributed by atoms with van der Waals surface area (Å²) >= 11 is 1.41. The number of hydrogen-bond donors (Lipinski definition) is 2. The van der Waals surface area contributed by atoms with Crippen LogP contribution in [0.5, 0.6) is 0 Å². The first-order chi connectivity index (χ1) is 9.10. The van der Waals surface area contributed by atoms with E-state index < -0.39 is 17.4 Å². The van der Waals surface area contributed by atoms with E-state index in [2.05, 4.69) is 10.3 Å². The first-order valence-electron chi connectivity index (χ1n) is 6.62. The second kappa shape index (κ2) is 5.91. The number of carbonyl (C=O) groups is 2. The van der Waals surface area contributed by atoms with Crippen LogP contribution >= 0.6 is 11.3 Å². The molecule has 1 atom stereocenters. The van der Waals surface area contributed by atoms with Crippen LogP contribution < -0.4 is 5.32 Å². The summed E-state index contributed by atoms with van der Waals surface area (Å²) in [5.74, 6) is -1.46. The fourth-order valence-corrected chi connectivity index (χ4v) is 2.65. The topological polar surface area (TPSA) is 79.3 Å². The molecule has 0 aromatic carbocycles. The van der Waals surface area contributed by atoms with Gasteiger partial charge in [0.05, 0.1) is 5.01 Å². The van der Waals surface area contributed by atoms with Crippen LogP contribution in [-0.2, 0) is 10.2 Å². The van der Waals surface area contributed by atoms with E-state index >= 15 is 0 Å². The van der Waals surface area contributed by atoms with Crippen molar-refractivity contribution >= 4 is 23.2 Å². The molecule has 2 N–H and O–H groups in total. The Morgan fingerprint density at radius 2 is 1.95 bits per heavy atom. The maximum atomic E-state index is 12.1. The predicted molar refractivity (Wildman–Crippen MR) is 79.2 cm³/mol. The monoisotopic (exact) mass is 298 g/mol. The molecule has 1 aromatic heterocycles. The molecule has 112 valence electrons. The van der Waals surface area contributed by atoms with Gasteiger partial charge in [0.25, 0.3) is 5.91 Å². The highest BCUT2D eigenvalue weighted by Gasteiger charge is 2.34. The Labute approximate surface area is 123 Å². The molecule has 20 heavy (non-hydrogen) atoms. The van der Waals surface area contributed by atoms with Crippen LogP contribution in [0.4, 0.5) is 0 Å². The normalized spacial score (nSPS) is 14.7. The Morgan fingerprint density at radius 1 is 1.35 bits per heavy atom. The van der Waals surface area contributed by atoms with E-state index in [-0.39, 0.29) is 11.1 Å². The summed E-state index contributed by atoms with van der Waals surface area (Å²) < 4.78 is 0. The lowest BCUT2D eigenvalue weighted by Crippen LogP contribution is -2.52. The molecule has 0 spiro atoms. The number of carboxylic acids is 1. The van der Waals surface area contributed by atoms with Crippen molar-refractivity contribution in [3.63, 3.8) is 0 Å². The fraction of sp³-hybridized carbons (Fsp3) is 0.643. The SMILES string of the molecule is CCCC(C)(NC(=O)c1csc(C(C)(C)C)n1)C(=O)O. The number of aliphatic carboxylic acids is 1. The molecule has 0 saturated heterocycles. The van der Waals surface area contributed by atoms with Crippen molar-refractivity contribution < 1.29 is 14.7 Å². The molecular weight excluding hydrogens is 276 g/mol. The zero-order chi connectivity index (χ0) is 15.6. The second-order valence-corrected chi connectivity index (χ2v) is 6.99. The number of carboxylic acid groups (broad SMARTS) is 1. The summed E-state index contributed by atoms with van der Waals surface area (Å²) in [6, 6.07) is 0. The number of aromatic nitrogens is 1. The number of nitrogens with one attached hydrogen (secondary N) is 1. The van der Waals surface area contributed by atoms with Crippen molar-refractivity contribution in [1.82, 2.24) is 10.3 Å². The molecule has 5 nitrogen and oxygen atoms in total. The van der Waals surface area contributed by atoms with Gasteiger partial charge in [-0.2, -0.15) is 0 Å². The van der Waals surface area contributed by atoms with Crippen LogP contribution in [-0.4, -0.2) is 27.5 Å². The lowest BCUT2D eigenvalue weighted by molar-refractivity contribution is -0.144. The van der Waals surface area contributed by atoms with Gasteiger partial charge in [-0.3, -0.25) is 4.79 Å². The molecule has 0 fully saturated rings. The van der Waals surface area contributed by atoms with E-state index in [9.17, 15) is 14.7 Å². The zero-order valence-corrected chi connectivity index (χ0v) is 13.4. The van der Waals surface area contributed by atoms with Crippen LogP contribution in [0.3, 0.4) is 0 Å². The molecule has 1 heterocycles. The van der Waals surface area contributed by atoms with Gasteiger partial charge in [0, 0.05) is 10.8 Å². The summed E-state index contributed by atoms with van der Waals surface area (Å²) in [6.45, 7) is 9.46. The van der Waals surface area contributed by atoms with Gasteiger partial charge < -0.3 is 10.4 Å². The molecule has 1 unspecified atom stereocenters. The van der Waals surface area contributed by atoms with Crippen molar-refractivity contribution in [3.05, 3.63) is 16.1 Å². The Morgan fingerprint density at radius 3 is 2.35 bits per heavy atom. The highest BCUT2D eigenvalue weighted by Crippen LogP contribution is 2.25. The molecule has 0 aliphatic rings. The van der Waals surface area contributed by atoms with Crippen LogP contribution in [0.25, 0.3) is 0 Å². The van der Waals surface area contributed by atoms with Gasteiger partial charge in [-0.15, -0.1) is 11.3 Å². The van der Waals surface area contributed by atoms with Gasteiger partial charge in [0.1, 0.15) is 11.2 Å². The van der Waals surface area contributed by atoms with Crippen molar-refractivity contribution in [2.75, 3.05) is 0 Å². The van der Waals surface area contributed by atoms with Crippen molar-refractivity contribution in [2.45, 2.75) is 58.4 Å². The standard InChI is InChI=1S/C14H22N2O3S/c1-6-7-14(5,12(18)19)16-10(17)9-8-20-11(15-9)13(2,3)4/h8H,6-7H2,1-5H3,(H,16,17)(H,18,19). The minimum absolute atomic E-state index is 0.122. The lowest BCUT2D eigenvalue weighted by Gasteiger charge is -2.25. The number of rotatable bonds is 5. The van der Waals surface area contributed by atoms with Crippen molar-refractivity contribution in [2.24, 2.45) is 0 Å². The number of thiazole rings is 1. The van der Waals surface area contributed by atoms with E-state index in [4.69, 9.17) is 0 Å². The third-order valence-electron chi connectivity index (χ3n) is 2.99. The molecular formula is C14H22N2O3S. The van der Waals surface area contributed by atoms with Crippen LogP contribution in [0.2, 0.25) is 0 Å². The van der Waals surface area contributed by atoms with Gasteiger partial charge in [0.2, 0.25) is 0 Å². The lowest BCUT2D eigenvalue weighted by atomic mass is 9.96. The Balaban J connectivity index is 2.90. The third kappa shape index (κ3) is 3.79. The molecule has 0 saturated carbocycles. The number of hydrogen-bond acceptors (Lipinski definition) is 4. The Kier molecular flexibility index (Phi) is 4.91. The molecule has 0 aliphatic heterocycles. The average molecular weight is 298 g/mol. The number of nitrogens with zero attached hydrogens (tertiary/aromatic N) is 1. The molecule has 0 aliphatic carbocycles. The minimum atomic E-state index is -1.25. The highest BCUT2D eigenvalue weighted by atomic mass is 32.1. The molecule has 1 amide bonds. The summed E-state index contributed by atoms with van der Waals surface area (Å²) in [5, 5.41) is 14.4. The van der Waals surface area contributed by atoms with Crippen molar-refractivity contribution in [3.8, 4) is 0 Å². The minimum Gasteiger partial charge on any atom is -0.480 e. The fourth-order valence-electron chi connectivity index (χ4n) is 1.76. The maximum Gasteiger partial charge on any atom is 0.329 e. The Bertz CT molecular complexity index is 505. The quantitative estimate of drug-likeness (QED) is 0.876.